The molecule has 4 rings (SSSR count). The first kappa shape index (κ1) is 24.8. The molecule has 188 valence electrons. The van der Waals surface area contributed by atoms with E-state index in [2.05, 4.69) is 24.8 Å². The van der Waals surface area contributed by atoms with E-state index < -0.39 is 11.6 Å². The van der Waals surface area contributed by atoms with E-state index in [9.17, 15) is 9.59 Å². The van der Waals surface area contributed by atoms with Crippen molar-refractivity contribution in [1.82, 2.24) is 9.80 Å². The van der Waals surface area contributed by atoms with Crippen molar-refractivity contribution < 1.29 is 28.9 Å². The van der Waals surface area contributed by atoms with Gasteiger partial charge in [-0.1, -0.05) is 12.1 Å². The van der Waals surface area contributed by atoms with Crippen LogP contribution in [-0.4, -0.2) is 78.8 Å². The molecule has 34 heavy (non-hydrogen) atoms. The van der Waals surface area contributed by atoms with Gasteiger partial charge in [0.25, 0.3) is 0 Å². The Morgan fingerprint density at radius 1 is 1.26 bits per heavy atom. The fourth-order valence-electron chi connectivity index (χ4n) is 5.52. The Balaban J connectivity index is 1.46. The second-order valence-corrected chi connectivity index (χ2v) is 10.6. The normalized spacial score (nSPS) is 27.3. The highest BCUT2D eigenvalue weighted by atomic mass is 16.5. The standard InChI is InChI=1S/C26H38N2O6/c1-26(2)19-15-17-16-28(22(29)9-6-10-23(30)31)12-11-20(17)33-24(19)18-7-5-8-21(25(18)34-26)32-14-13-27(3)4/h5,7-8,17,19-20,24H,6,9-16H2,1-4H3,(H,30,31)/t17-,19-,20-,24+/m1/s1. The number of carboxylic acids is 1. The van der Waals surface area contributed by atoms with Crippen molar-refractivity contribution in [3.05, 3.63) is 23.8 Å². The number of benzene rings is 1. The Morgan fingerprint density at radius 2 is 2.06 bits per heavy atom. The lowest BCUT2D eigenvalue weighted by Crippen LogP contribution is -2.56. The lowest BCUT2D eigenvalue weighted by atomic mass is 9.70. The molecule has 0 spiro atoms. The van der Waals surface area contributed by atoms with Gasteiger partial charge in [-0.25, -0.2) is 0 Å². The molecule has 3 aliphatic rings. The number of para-hydroxylation sites is 1. The molecule has 1 aromatic carbocycles. The topological polar surface area (TPSA) is 88.5 Å². The lowest BCUT2D eigenvalue weighted by Gasteiger charge is -2.53. The van der Waals surface area contributed by atoms with Crippen LogP contribution in [0.4, 0.5) is 0 Å². The third-order valence-corrected chi connectivity index (χ3v) is 7.41. The molecule has 1 aromatic rings. The Labute approximate surface area is 202 Å². The zero-order valence-electron chi connectivity index (χ0n) is 20.8. The van der Waals surface area contributed by atoms with Gasteiger partial charge in [0, 0.05) is 49.9 Å². The molecule has 0 radical (unpaired) electrons. The fourth-order valence-corrected chi connectivity index (χ4v) is 5.52. The third kappa shape index (κ3) is 5.33. The number of aliphatic carboxylic acids is 1. The molecule has 4 atom stereocenters. The molecule has 8 heteroatoms. The van der Waals surface area contributed by atoms with Gasteiger partial charge >= 0.3 is 5.97 Å². The summed E-state index contributed by atoms with van der Waals surface area (Å²) in [5.41, 5.74) is 0.620. The van der Waals surface area contributed by atoms with E-state index in [0.29, 0.717) is 26.1 Å². The molecule has 0 aromatic heterocycles. The molecule has 2 fully saturated rings. The predicted molar refractivity (Wildman–Crippen MR) is 127 cm³/mol. The number of ether oxygens (including phenoxy) is 3. The first-order chi connectivity index (χ1) is 16.2. The highest BCUT2D eigenvalue weighted by molar-refractivity contribution is 5.77. The van der Waals surface area contributed by atoms with E-state index in [4.69, 9.17) is 19.3 Å². The summed E-state index contributed by atoms with van der Waals surface area (Å²) in [4.78, 5) is 27.4. The predicted octanol–water partition coefficient (Wildman–Crippen LogP) is 3.35. The maximum Gasteiger partial charge on any atom is 0.303 e. The van der Waals surface area contributed by atoms with Crippen molar-refractivity contribution in [1.29, 1.82) is 0 Å². The number of amides is 1. The van der Waals surface area contributed by atoms with Crippen LogP contribution in [0, 0.1) is 11.8 Å². The van der Waals surface area contributed by atoms with E-state index >= 15 is 0 Å². The van der Waals surface area contributed by atoms with Crippen LogP contribution in [0.5, 0.6) is 11.5 Å². The molecular formula is C26H38N2O6. The summed E-state index contributed by atoms with van der Waals surface area (Å²) in [6.45, 7) is 6.96. The van der Waals surface area contributed by atoms with Crippen LogP contribution in [0.25, 0.3) is 0 Å². The summed E-state index contributed by atoms with van der Waals surface area (Å²) < 4.78 is 19.4. The van der Waals surface area contributed by atoms with Crippen LogP contribution in [0.3, 0.4) is 0 Å². The van der Waals surface area contributed by atoms with Gasteiger partial charge in [-0.3, -0.25) is 9.59 Å². The van der Waals surface area contributed by atoms with Crippen molar-refractivity contribution in [3.8, 4) is 11.5 Å². The molecular weight excluding hydrogens is 436 g/mol. The zero-order chi connectivity index (χ0) is 24.5. The van der Waals surface area contributed by atoms with E-state index in [-0.39, 0.29) is 42.8 Å². The first-order valence-electron chi connectivity index (χ1n) is 12.4. The van der Waals surface area contributed by atoms with E-state index in [1.807, 2.05) is 31.1 Å². The third-order valence-electron chi connectivity index (χ3n) is 7.41. The number of carbonyl (C=O) groups is 2. The summed E-state index contributed by atoms with van der Waals surface area (Å²) >= 11 is 0. The van der Waals surface area contributed by atoms with Gasteiger partial charge in [0.05, 0.1) is 12.2 Å². The number of rotatable bonds is 8. The number of hydrogen-bond acceptors (Lipinski definition) is 6. The smallest absolute Gasteiger partial charge is 0.303 e. The van der Waals surface area contributed by atoms with Crippen molar-refractivity contribution in [2.45, 2.75) is 63.8 Å². The van der Waals surface area contributed by atoms with Gasteiger partial charge in [0.1, 0.15) is 12.2 Å². The second-order valence-electron chi connectivity index (χ2n) is 10.6. The van der Waals surface area contributed by atoms with E-state index in [1.165, 1.54) is 0 Å². The van der Waals surface area contributed by atoms with Gasteiger partial charge < -0.3 is 29.1 Å². The number of carboxylic acid groups (broad SMARTS) is 1. The van der Waals surface area contributed by atoms with Crippen molar-refractivity contribution in [2.75, 3.05) is 40.3 Å². The molecule has 8 nitrogen and oxygen atoms in total. The average Bonchev–Trinajstić information content (AvgIpc) is 2.77. The molecule has 3 aliphatic heterocycles. The molecule has 3 heterocycles. The van der Waals surface area contributed by atoms with Crippen molar-refractivity contribution in [2.24, 2.45) is 11.8 Å². The Kier molecular flexibility index (Phi) is 7.38. The number of likely N-dealkylation sites (N-methyl/N-ethyl adjacent to an activating group) is 1. The van der Waals surface area contributed by atoms with E-state index in [1.54, 1.807) is 0 Å². The highest BCUT2D eigenvalue weighted by Crippen LogP contribution is 2.55. The Hall–Kier alpha value is -2.32. The molecule has 1 N–H and O–H groups in total. The van der Waals surface area contributed by atoms with Crippen LogP contribution in [-0.2, 0) is 14.3 Å². The average molecular weight is 475 g/mol. The molecule has 0 saturated carbocycles. The summed E-state index contributed by atoms with van der Waals surface area (Å²) in [6, 6.07) is 6.06. The maximum absolute atomic E-state index is 12.6. The van der Waals surface area contributed by atoms with Crippen LogP contribution < -0.4 is 9.47 Å². The number of piperidine rings is 1. The van der Waals surface area contributed by atoms with Crippen molar-refractivity contribution in [3.63, 3.8) is 0 Å². The molecule has 0 unspecified atom stereocenters. The minimum atomic E-state index is -0.857. The first-order valence-corrected chi connectivity index (χ1v) is 12.4. The molecule has 0 aliphatic carbocycles. The fraction of sp³-hybridized carbons (Fsp3) is 0.692. The van der Waals surface area contributed by atoms with E-state index in [0.717, 1.165) is 36.4 Å². The maximum atomic E-state index is 12.6. The van der Waals surface area contributed by atoms with Crippen LogP contribution >= 0.6 is 0 Å². The summed E-state index contributed by atoms with van der Waals surface area (Å²) in [5, 5.41) is 8.84. The van der Waals surface area contributed by atoms with Gasteiger partial charge in [-0.15, -0.1) is 0 Å². The number of likely N-dealkylation sites (tertiary alicyclic amines) is 1. The van der Waals surface area contributed by atoms with Gasteiger partial charge in [-0.05, 0) is 53.3 Å². The second kappa shape index (κ2) is 10.1. The lowest BCUT2D eigenvalue weighted by molar-refractivity contribution is -0.189. The molecule has 2 saturated heterocycles. The minimum Gasteiger partial charge on any atom is -0.488 e. The number of fused-ring (bicyclic) bond motifs is 4. The number of hydrogen-bond donors (Lipinski definition) is 1. The highest BCUT2D eigenvalue weighted by Gasteiger charge is 2.52. The minimum absolute atomic E-state index is 0.0320. The summed E-state index contributed by atoms with van der Waals surface area (Å²) in [7, 11) is 4.05. The monoisotopic (exact) mass is 474 g/mol. The van der Waals surface area contributed by atoms with Crippen LogP contribution in [0.2, 0.25) is 0 Å². The largest absolute Gasteiger partial charge is 0.488 e. The van der Waals surface area contributed by atoms with Crippen molar-refractivity contribution >= 4 is 11.9 Å². The van der Waals surface area contributed by atoms with Gasteiger partial charge in [0.15, 0.2) is 11.5 Å². The number of carbonyl (C=O) groups excluding carboxylic acids is 1. The summed E-state index contributed by atoms with van der Waals surface area (Å²) in [6.07, 6.45) is 2.47. The van der Waals surface area contributed by atoms with Crippen LogP contribution in [0.15, 0.2) is 18.2 Å². The van der Waals surface area contributed by atoms with Gasteiger partial charge in [0.2, 0.25) is 5.91 Å². The quantitative estimate of drug-likeness (QED) is 0.618. The SMILES string of the molecule is CN(C)CCOc1cccc2c1OC(C)(C)[C@@H]1C[C@@H]3CN(C(=O)CCCC(=O)O)CC[C@H]3O[C@@H]21. The van der Waals surface area contributed by atoms with Gasteiger partial charge in [-0.2, -0.15) is 0 Å². The zero-order valence-corrected chi connectivity index (χ0v) is 20.8. The molecule has 0 bridgehead atoms. The Bertz CT molecular complexity index is 901. The van der Waals surface area contributed by atoms with Crippen LogP contribution in [0.1, 0.15) is 57.6 Å². The summed E-state index contributed by atoms with van der Waals surface area (Å²) in [5.74, 6) is 1.16. The Morgan fingerprint density at radius 3 is 2.79 bits per heavy atom. The molecule has 1 amide bonds. The number of nitrogens with zero attached hydrogens (tertiary/aromatic N) is 2.